The molecular weight excluding hydrogens is 214 g/mol. The molecule has 0 unspecified atom stereocenters. The Morgan fingerprint density at radius 3 is 2.35 bits per heavy atom. The SMILES string of the molecule is CCOC[C@@H](O)CN(C1CCCCC1)C1CC1. The van der Waals surface area contributed by atoms with Crippen LogP contribution in [0.4, 0.5) is 0 Å². The zero-order chi connectivity index (χ0) is 12.1. The highest BCUT2D eigenvalue weighted by Crippen LogP contribution is 2.33. The van der Waals surface area contributed by atoms with Crippen LogP contribution >= 0.6 is 0 Å². The monoisotopic (exact) mass is 241 g/mol. The minimum atomic E-state index is -0.308. The molecule has 0 spiro atoms. The Labute approximate surface area is 105 Å². The molecule has 0 aromatic rings. The summed E-state index contributed by atoms with van der Waals surface area (Å²) in [6.07, 6.45) is 9.16. The van der Waals surface area contributed by atoms with Gasteiger partial charge in [-0.3, -0.25) is 4.90 Å². The smallest absolute Gasteiger partial charge is 0.0900 e. The lowest BCUT2D eigenvalue weighted by Gasteiger charge is -2.35. The Balaban J connectivity index is 1.79. The van der Waals surface area contributed by atoms with Gasteiger partial charge in [0.15, 0.2) is 0 Å². The minimum Gasteiger partial charge on any atom is -0.389 e. The van der Waals surface area contributed by atoms with E-state index in [1.807, 2.05) is 6.92 Å². The van der Waals surface area contributed by atoms with Crippen LogP contribution in [-0.4, -0.2) is 48.0 Å². The van der Waals surface area contributed by atoms with Gasteiger partial charge in [0.05, 0.1) is 12.7 Å². The van der Waals surface area contributed by atoms with Crippen molar-refractivity contribution in [2.45, 2.75) is 70.1 Å². The van der Waals surface area contributed by atoms with Crippen LogP contribution in [0, 0.1) is 0 Å². The van der Waals surface area contributed by atoms with Crippen molar-refractivity contribution in [2.24, 2.45) is 0 Å². The Bertz CT molecular complexity index is 212. The molecule has 100 valence electrons. The van der Waals surface area contributed by atoms with E-state index >= 15 is 0 Å². The Kier molecular flexibility index (Phi) is 5.26. The molecule has 0 aromatic heterocycles. The van der Waals surface area contributed by atoms with Crippen molar-refractivity contribution in [1.29, 1.82) is 0 Å². The summed E-state index contributed by atoms with van der Waals surface area (Å²) in [5.74, 6) is 0. The van der Waals surface area contributed by atoms with Crippen LogP contribution in [0.15, 0.2) is 0 Å². The van der Waals surface area contributed by atoms with Gasteiger partial charge >= 0.3 is 0 Å². The van der Waals surface area contributed by atoms with Crippen LogP contribution in [0.25, 0.3) is 0 Å². The number of hydrogen-bond acceptors (Lipinski definition) is 3. The number of aliphatic hydroxyl groups is 1. The molecule has 2 aliphatic carbocycles. The zero-order valence-electron chi connectivity index (χ0n) is 11.1. The summed E-state index contributed by atoms with van der Waals surface area (Å²) < 4.78 is 5.31. The summed E-state index contributed by atoms with van der Waals surface area (Å²) in [6, 6.07) is 1.49. The third kappa shape index (κ3) is 4.23. The van der Waals surface area contributed by atoms with E-state index in [0.29, 0.717) is 13.2 Å². The van der Waals surface area contributed by atoms with Gasteiger partial charge in [0.25, 0.3) is 0 Å². The lowest BCUT2D eigenvalue weighted by Crippen LogP contribution is -2.44. The molecule has 0 heterocycles. The van der Waals surface area contributed by atoms with Crippen molar-refractivity contribution in [3.05, 3.63) is 0 Å². The van der Waals surface area contributed by atoms with Crippen molar-refractivity contribution < 1.29 is 9.84 Å². The molecule has 2 rings (SSSR count). The molecule has 0 aromatic carbocycles. The molecule has 1 atom stereocenters. The highest BCUT2D eigenvalue weighted by molar-refractivity contribution is 4.90. The lowest BCUT2D eigenvalue weighted by atomic mass is 9.94. The first-order valence-corrected chi connectivity index (χ1v) is 7.32. The molecule has 0 radical (unpaired) electrons. The molecule has 3 nitrogen and oxygen atoms in total. The van der Waals surface area contributed by atoms with Gasteiger partial charge in [-0.05, 0) is 32.6 Å². The summed E-state index contributed by atoms with van der Waals surface area (Å²) >= 11 is 0. The first-order valence-electron chi connectivity index (χ1n) is 7.32. The Hall–Kier alpha value is -0.120. The summed E-state index contributed by atoms with van der Waals surface area (Å²) in [4.78, 5) is 2.57. The van der Waals surface area contributed by atoms with Gasteiger partial charge in [0.1, 0.15) is 0 Å². The molecule has 0 amide bonds. The fraction of sp³-hybridized carbons (Fsp3) is 1.00. The van der Waals surface area contributed by atoms with Gasteiger partial charge in [-0.1, -0.05) is 19.3 Å². The number of ether oxygens (including phenoxy) is 1. The second-order valence-corrected chi connectivity index (χ2v) is 5.53. The molecule has 2 fully saturated rings. The Morgan fingerprint density at radius 1 is 1.12 bits per heavy atom. The molecule has 2 aliphatic rings. The van der Waals surface area contributed by atoms with Crippen LogP contribution in [0.5, 0.6) is 0 Å². The minimum absolute atomic E-state index is 0.308. The molecule has 0 aliphatic heterocycles. The second kappa shape index (κ2) is 6.72. The number of aliphatic hydroxyl groups excluding tert-OH is 1. The molecule has 1 N–H and O–H groups in total. The van der Waals surface area contributed by atoms with Gasteiger partial charge in [-0.15, -0.1) is 0 Å². The highest BCUT2D eigenvalue weighted by atomic mass is 16.5. The van der Waals surface area contributed by atoms with E-state index in [1.165, 1.54) is 44.9 Å². The lowest BCUT2D eigenvalue weighted by molar-refractivity contribution is 0.00551. The van der Waals surface area contributed by atoms with E-state index < -0.39 is 0 Å². The standard InChI is InChI=1S/C14H27NO2/c1-2-17-11-14(16)10-15(13-8-9-13)12-6-4-3-5-7-12/h12-14,16H,2-11H2,1H3/t14-/m0/s1. The van der Waals surface area contributed by atoms with Crippen molar-refractivity contribution >= 4 is 0 Å². The van der Waals surface area contributed by atoms with Gasteiger partial charge in [-0.2, -0.15) is 0 Å². The van der Waals surface area contributed by atoms with Crippen LogP contribution in [0.2, 0.25) is 0 Å². The van der Waals surface area contributed by atoms with Gasteiger partial charge in [0, 0.05) is 25.2 Å². The first-order chi connectivity index (χ1) is 8.31. The number of rotatable bonds is 7. The molecule has 0 bridgehead atoms. The summed E-state index contributed by atoms with van der Waals surface area (Å²) in [6.45, 7) is 3.98. The molecule has 2 saturated carbocycles. The second-order valence-electron chi connectivity index (χ2n) is 5.53. The Morgan fingerprint density at radius 2 is 1.76 bits per heavy atom. The summed E-state index contributed by atoms with van der Waals surface area (Å²) in [5, 5.41) is 9.99. The maximum Gasteiger partial charge on any atom is 0.0900 e. The average molecular weight is 241 g/mol. The van der Waals surface area contributed by atoms with E-state index in [0.717, 1.165) is 18.6 Å². The van der Waals surface area contributed by atoms with Gasteiger partial charge in [0.2, 0.25) is 0 Å². The first kappa shape index (κ1) is 13.3. The highest BCUT2D eigenvalue weighted by Gasteiger charge is 2.35. The van der Waals surface area contributed by atoms with Gasteiger partial charge in [-0.25, -0.2) is 0 Å². The fourth-order valence-electron chi connectivity index (χ4n) is 2.97. The third-order valence-electron chi connectivity index (χ3n) is 4.00. The normalized spacial score (nSPS) is 24.2. The van der Waals surface area contributed by atoms with Crippen LogP contribution < -0.4 is 0 Å². The number of nitrogens with zero attached hydrogens (tertiary/aromatic N) is 1. The van der Waals surface area contributed by atoms with E-state index in [-0.39, 0.29) is 6.10 Å². The van der Waals surface area contributed by atoms with E-state index in [2.05, 4.69) is 4.90 Å². The van der Waals surface area contributed by atoms with Crippen molar-refractivity contribution in [1.82, 2.24) is 4.90 Å². The molecule has 0 saturated heterocycles. The van der Waals surface area contributed by atoms with E-state index in [4.69, 9.17) is 4.74 Å². The van der Waals surface area contributed by atoms with Crippen molar-refractivity contribution in [2.75, 3.05) is 19.8 Å². The molecular formula is C14H27NO2. The van der Waals surface area contributed by atoms with E-state index in [1.54, 1.807) is 0 Å². The maximum absolute atomic E-state index is 9.99. The zero-order valence-corrected chi connectivity index (χ0v) is 11.1. The summed E-state index contributed by atoms with van der Waals surface area (Å²) in [7, 11) is 0. The van der Waals surface area contributed by atoms with Crippen LogP contribution in [-0.2, 0) is 4.74 Å². The maximum atomic E-state index is 9.99. The van der Waals surface area contributed by atoms with Crippen LogP contribution in [0.3, 0.4) is 0 Å². The van der Waals surface area contributed by atoms with Crippen molar-refractivity contribution in [3.8, 4) is 0 Å². The predicted molar refractivity (Wildman–Crippen MR) is 69.1 cm³/mol. The topological polar surface area (TPSA) is 32.7 Å². The third-order valence-corrected chi connectivity index (χ3v) is 4.00. The quantitative estimate of drug-likeness (QED) is 0.741. The average Bonchev–Trinajstić information content (AvgIpc) is 3.19. The fourth-order valence-corrected chi connectivity index (χ4v) is 2.97. The summed E-state index contributed by atoms with van der Waals surface area (Å²) in [5.41, 5.74) is 0. The van der Waals surface area contributed by atoms with Crippen molar-refractivity contribution in [3.63, 3.8) is 0 Å². The molecule has 17 heavy (non-hydrogen) atoms. The largest absolute Gasteiger partial charge is 0.389 e. The van der Waals surface area contributed by atoms with Gasteiger partial charge < -0.3 is 9.84 Å². The predicted octanol–water partition coefficient (Wildman–Crippen LogP) is 2.18. The molecule has 3 heteroatoms. The number of hydrogen-bond donors (Lipinski definition) is 1. The van der Waals surface area contributed by atoms with E-state index in [9.17, 15) is 5.11 Å². The van der Waals surface area contributed by atoms with Crippen LogP contribution in [0.1, 0.15) is 51.9 Å².